The summed E-state index contributed by atoms with van der Waals surface area (Å²) in [5, 5.41) is 9.30. The van der Waals surface area contributed by atoms with Crippen molar-refractivity contribution < 1.29 is 18.3 Å². The Balaban J connectivity index is 1.42. The number of fused-ring (bicyclic) bond motifs is 1. The molecule has 0 fully saturated rings. The minimum atomic E-state index is -0.586. The predicted molar refractivity (Wildman–Crippen MR) is 133 cm³/mol. The van der Waals surface area contributed by atoms with Gasteiger partial charge in [-0.2, -0.15) is 10.2 Å². The van der Waals surface area contributed by atoms with E-state index in [2.05, 4.69) is 15.6 Å². The smallest absolute Gasteiger partial charge is 0.345 e. The highest BCUT2D eigenvalue weighted by Gasteiger charge is 2.16. The van der Waals surface area contributed by atoms with Crippen molar-refractivity contribution in [1.29, 1.82) is 0 Å². The molecule has 36 heavy (non-hydrogen) atoms. The van der Waals surface area contributed by atoms with Gasteiger partial charge in [0.25, 0.3) is 5.91 Å². The fraction of sp³-hybridized carbons (Fsp3) is 0.0370. The third kappa shape index (κ3) is 4.90. The van der Waals surface area contributed by atoms with E-state index in [9.17, 15) is 14.0 Å². The number of amides is 1. The summed E-state index contributed by atoms with van der Waals surface area (Å²) in [6.07, 6.45) is 3.06. The van der Waals surface area contributed by atoms with Gasteiger partial charge < -0.3 is 9.15 Å². The average molecular weight is 482 g/mol. The van der Waals surface area contributed by atoms with Crippen molar-refractivity contribution in [2.75, 3.05) is 6.61 Å². The molecule has 0 atom stereocenters. The van der Waals surface area contributed by atoms with Crippen molar-refractivity contribution in [2.45, 2.75) is 0 Å². The number of rotatable bonds is 7. The van der Waals surface area contributed by atoms with Gasteiger partial charge >= 0.3 is 5.63 Å². The number of carbonyl (C=O) groups excluding carboxylic acids is 1. The van der Waals surface area contributed by atoms with E-state index in [0.717, 1.165) is 11.1 Å². The zero-order chi connectivity index (χ0) is 24.9. The lowest BCUT2D eigenvalue weighted by Crippen LogP contribution is -2.24. The Morgan fingerprint density at radius 1 is 1.06 bits per heavy atom. The van der Waals surface area contributed by atoms with E-state index in [0.29, 0.717) is 16.8 Å². The minimum Gasteiger partial charge on any atom is -0.481 e. The van der Waals surface area contributed by atoms with Gasteiger partial charge in [0, 0.05) is 17.1 Å². The van der Waals surface area contributed by atoms with Crippen LogP contribution in [-0.2, 0) is 4.79 Å². The lowest BCUT2D eigenvalue weighted by atomic mass is 10.1. The number of aromatic nitrogens is 2. The van der Waals surface area contributed by atoms with Gasteiger partial charge in [-0.25, -0.2) is 19.3 Å². The van der Waals surface area contributed by atoms with Crippen LogP contribution in [0.3, 0.4) is 0 Å². The van der Waals surface area contributed by atoms with Crippen LogP contribution >= 0.6 is 0 Å². The number of benzene rings is 3. The number of hydrazone groups is 1. The number of hydrogen-bond acceptors (Lipinski definition) is 6. The monoisotopic (exact) mass is 482 g/mol. The van der Waals surface area contributed by atoms with E-state index in [1.54, 1.807) is 35.1 Å². The largest absolute Gasteiger partial charge is 0.481 e. The van der Waals surface area contributed by atoms with Crippen LogP contribution in [0.1, 0.15) is 5.56 Å². The van der Waals surface area contributed by atoms with Crippen molar-refractivity contribution in [3.63, 3.8) is 0 Å². The predicted octanol–water partition coefficient (Wildman–Crippen LogP) is 4.31. The maximum absolute atomic E-state index is 13.7. The van der Waals surface area contributed by atoms with Crippen molar-refractivity contribution in [1.82, 2.24) is 15.2 Å². The lowest BCUT2D eigenvalue weighted by molar-refractivity contribution is -0.123. The Hall–Kier alpha value is -5.05. The Labute approximate surface area is 204 Å². The second-order valence-electron chi connectivity index (χ2n) is 7.71. The molecule has 0 spiro atoms. The molecule has 0 unspecified atom stereocenters. The molecule has 0 saturated heterocycles. The van der Waals surface area contributed by atoms with Crippen molar-refractivity contribution in [2.24, 2.45) is 5.10 Å². The van der Waals surface area contributed by atoms with E-state index in [1.165, 1.54) is 24.4 Å². The molecule has 0 aliphatic rings. The molecule has 0 radical (unpaired) electrons. The molecule has 2 aromatic heterocycles. The van der Waals surface area contributed by atoms with Crippen LogP contribution in [-0.4, -0.2) is 28.5 Å². The summed E-state index contributed by atoms with van der Waals surface area (Å²) in [7, 11) is 0. The van der Waals surface area contributed by atoms with Gasteiger partial charge in [-0.1, -0.05) is 48.5 Å². The highest BCUT2D eigenvalue weighted by atomic mass is 19.1. The molecule has 3 aromatic carbocycles. The van der Waals surface area contributed by atoms with Gasteiger partial charge in [-0.05, 0) is 36.4 Å². The molecule has 5 rings (SSSR count). The van der Waals surface area contributed by atoms with E-state index in [4.69, 9.17) is 9.15 Å². The number of nitrogens with zero attached hydrogens (tertiary/aromatic N) is 3. The fourth-order valence-electron chi connectivity index (χ4n) is 3.54. The third-order valence-corrected chi connectivity index (χ3v) is 5.25. The first-order valence-corrected chi connectivity index (χ1v) is 11.0. The third-order valence-electron chi connectivity index (χ3n) is 5.25. The highest BCUT2D eigenvalue weighted by Crippen LogP contribution is 2.23. The van der Waals surface area contributed by atoms with Crippen LogP contribution in [0.5, 0.6) is 5.75 Å². The zero-order valence-corrected chi connectivity index (χ0v) is 18.8. The molecule has 1 amide bonds. The number of carbonyl (C=O) groups is 1. The summed E-state index contributed by atoms with van der Waals surface area (Å²) in [4.78, 5) is 24.9. The molecule has 2 heterocycles. The molecular weight excluding hydrogens is 463 g/mol. The normalized spacial score (nSPS) is 11.1. The summed E-state index contributed by atoms with van der Waals surface area (Å²) in [6.45, 7) is -0.428. The van der Waals surface area contributed by atoms with E-state index in [-0.39, 0.29) is 11.3 Å². The van der Waals surface area contributed by atoms with E-state index < -0.39 is 24.0 Å². The van der Waals surface area contributed by atoms with Crippen molar-refractivity contribution >= 4 is 23.1 Å². The van der Waals surface area contributed by atoms with Gasteiger partial charge in [0.05, 0.1) is 17.5 Å². The van der Waals surface area contributed by atoms with Crippen LogP contribution < -0.4 is 15.8 Å². The summed E-state index contributed by atoms with van der Waals surface area (Å²) in [6, 6.07) is 24.0. The topological polar surface area (TPSA) is 98.7 Å². The molecule has 0 aliphatic heterocycles. The van der Waals surface area contributed by atoms with E-state index >= 15 is 0 Å². The second-order valence-corrected chi connectivity index (χ2v) is 7.71. The van der Waals surface area contributed by atoms with Gasteiger partial charge in [0.15, 0.2) is 18.2 Å². The van der Waals surface area contributed by atoms with Crippen LogP contribution in [0.25, 0.3) is 27.9 Å². The molecule has 5 aromatic rings. The summed E-state index contributed by atoms with van der Waals surface area (Å²) in [5.74, 6) is -1.19. The van der Waals surface area contributed by atoms with Crippen LogP contribution in [0.4, 0.5) is 4.39 Å². The number of para-hydroxylation sites is 3. The van der Waals surface area contributed by atoms with E-state index in [1.807, 2.05) is 42.5 Å². The first-order valence-electron chi connectivity index (χ1n) is 11.0. The Morgan fingerprint density at radius 3 is 2.64 bits per heavy atom. The van der Waals surface area contributed by atoms with Crippen LogP contribution in [0.15, 0.2) is 105 Å². The molecule has 9 heteroatoms. The number of hydrogen-bond donors (Lipinski definition) is 1. The second kappa shape index (κ2) is 10.1. The number of halogens is 1. The maximum Gasteiger partial charge on any atom is 0.345 e. The lowest BCUT2D eigenvalue weighted by Gasteiger charge is -2.05. The fourth-order valence-corrected chi connectivity index (χ4v) is 3.54. The highest BCUT2D eigenvalue weighted by molar-refractivity contribution is 5.91. The molecular formula is C27H19FN4O4. The molecule has 178 valence electrons. The maximum atomic E-state index is 13.7. The minimum absolute atomic E-state index is 0.0360. The molecule has 0 bridgehead atoms. The molecule has 8 nitrogen and oxygen atoms in total. The molecule has 0 saturated carbocycles. The average Bonchev–Trinajstić information content (AvgIpc) is 3.32. The molecule has 0 aliphatic carbocycles. The number of ether oxygens (including phenoxy) is 1. The van der Waals surface area contributed by atoms with Crippen molar-refractivity contribution in [3.8, 4) is 22.7 Å². The Morgan fingerprint density at radius 2 is 1.81 bits per heavy atom. The number of nitrogens with one attached hydrogen (secondary N) is 1. The quantitative estimate of drug-likeness (QED) is 0.212. The van der Waals surface area contributed by atoms with Crippen LogP contribution in [0, 0.1) is 5.82 Å². The first-order chi connectivity index (χ1) is 17.6. The van der Waals surface area contributed by atoms with Gasteiger partial charge in [0.2, 0.25) is 0 Å². The van der Waals surface area contributed by atoms with Gasteiger partial charge in [0.1, 0.15) is 11.3 Å². The van der Waals surface area contributed by atoms with Crippen molar-refractivity contribution in [3.05, 3.63) is 113 Å². The Kier molecular flexibility index (Phi) is 6.35. The Bertz CT molecular complexity index is 1630. The SMILES string of the molecule is O=C(COc1ccccc1F)NN=Cc1cn(-c2ccccc2)nc1-c1cc2ccccc2oc1=O. The zero-order valence-electron chi connectivity index (χ0n) is 18.8. The summed E-state index contributed by atoms with van der Waals surface area (Å²) >= 11 is 0. The molecule has 1 N–H and O–H groups in total. The van der Waals surface area contributed by atoms with Crippen LogP contribution in [0.2, 0.25) is 0 Å². The first kappa shape index (κ1) is 22.7. The van der Waals surface area contributed by atoms with Gasteiger partial charge in [-0.15, -0.1) is 0 Å². The van der Waals surface area contributed by atoms with Gasteiger partial charge in [-0.3, -0.25) is 4.79 Å². The standard InChI is InChI=1S/C27H19FN4O4/c28-22-11-5-7-13-24(22)35-17-25(33)30-29-15-19-16-32(20-9-2-1-3-10-20)31-26(19)21-14-18-8-4-6-12-23(18)36-27(21)34/h1-16H,17H2,(H,30,33). The summed E-state index contributed by atoms with van der Waals surface area (Å²) < 4.78 is 25.9. The summed E-state index contributed by atoms with van der Waals surface area (Å²) in [5.41, 5.74) is 4.07.